The van der Waals surface area contributed by atoms with Gasteiger partial charge in [-0.25, -0.2) is 5.43 Å². The number of carbonyl (C=O) groups excluding carboxylic acids is 1. The van der Waals surface area contributed by atoms with Gasteiger partial charge in [-0.2, -0.15) is 5.10 Å². The van der Waals surface area contributed by atoms with Crippen molar-refractivity contribution < 1.29 is 19.4 Å². The number of carbonyl (C=O) groups is 1. The second-order valence-electron chi connectivity index (χ2n) is 4.68. The fraction of sp³-hybridized carbons (Fsp3) is 0.176. The van der Waals surface area contributed by atoms with E-state index in [-0.39, 0.29) is 11.3 Å². The third-order valence-electron chi connectivity index (χ3n) is 3.07. The maximum atomic E-state index is 11.9. The van der Waals surface area contributed by atoms with E-state index in [0.717, 1.165) is 0 Å². The van der Waals surface area contributed by atoms with Crippen LogP contribution >= 0.6 is 11.6 Å². The van der Waals surface area contributed by atoms with Gasteiger partial charge in [-0.3, -0.25) is 4.79 Å². The molecule has 7 heteroatoms. The van der Waals surface area contributed by atoms with Crippen molar-refractivity contribution in [2.45, 2.75) is 6.92 Å². The van der Waals surface area contributed by atoms with Gasteiger partial charge in [-0.05, 0) is 36.8 Å². The number of nitrogens with one attached hydrogen (secondary N) is 1. The molecule has 6 nitrogen and oxygen atoms in total. The predicted molar refractivity (Wildman–Crippen MR) is 92.3 cm³/mol. The minimum absolute atomic E-state index is 0.115. The van der Waals surface area contributed by atoms with E-state index in [1.54, 1.807) is 24.3 Å². The second-order valence-corrected chi connectivity index (χ2v) is 5.09. The number of ether oxygens (including phenoxy) is 2. The summed E-state index contributed by atoms with van der Waals surface area (Å²) in [6, 6.07) is 9.53. The SMILES string of the molecule is CCOc1c(Cl)cc(/C=N\NC(=O)c2ccccc2O)cc1OC. The Morgan fingerprint density at radius 1 is 1.38 bits per heavy atom. The summed E-state index contributed by atoms with van der Waals surface area (Å²) in [6.07, 6.45) is 1.42. The van der Waals surface area contributed by atoms with Crippen LogP contribution in [0.4, 0.5) is 0 Å². The Balaban J connectivity index is 2.13. The van der Waals surface area contributed by atoms with Crippen molar-refractivity contribution in [3.8, 4) is 17.2 Å². The summed E-state index contributed by atoms with van der Waals surface area (Å²) in [4.78, 5) is 11.9. The number of phenols is 1. The maximum absolute atomic E-state index is 11.9. The van der Waals surface area contributed by atoms with Crippen LogP contribution in [0, 0.1) is 0 Å². The average Bonchev–Trinajstić information content (AvgIpc) is 2.57. The molecule has 0 spiro atoms. The highest BCUT2D eigenvalue weighted by Gasteiger charge is 2.11. The molecular weight excluding hydrogens is 332 g/mol. The predicted octanol–water partition coefficient (Wildman–Crippen LogP) is 3.22. The van der Waals surface area contributed by atoms with E-state index >= 15 is 0 Å². The Kier molecular flexibility index (Phi) is 6.03. The van der Waals surface area contributed by atoms with E-state index in [9.17, 15) is 9.90 Å². The number of amides is 1. The standard InChI is InChI=1S/C17H17ClN2O4/c1-3-24-16-13(18)8-11(9-15(16)23-2)10-19-20-17(22)12-6-4-5-7-14(12)21/h4-10,21H,3H2,1-2H3,(H,20,22)/b19-10-. The molecule has 0 aliphatic carbocycles. The number of halogens is 1. The third kappa shape index (κ3) is 4.17. The first-order valence-electron chi connectivity index (χ1n) is 7.18. The van der Waals surface area contributed by atoms with Crippen molar-refractivity contribution in [3.05, 3.63) is 52.5 Å². The largest absolute Gasteiger partial charge is 0.507 e. The van der Waals surface area contributed by atoms with Crippen molar-refractivity contribution in [1.29, 1.82) is 0 Å². The average molecular weight is 349 g/mol. The summed E-state index contributed by atoms with van der Waals surface area (Å²) in [5.41, 5.74) is 3.10. The van der Waals surface area contributed by atoms with Gasteiger partial charge in [0.15, 0.2) is 11.5 Å². The van der Waals surface area contributed by atoms with E-state index in [2.05, 4.69) is 10.5 Å². The molecule has 0 radical (unpaired) electrons. The van der Waals surface area contributed by atoms with Crippen LogP contribution in [-0.4, -0.2) is 30.9 Å². The second kappa shape index (κ2) is 8.21. The molecule has 24 heavy (non-hydrogen) atoms. The molecule has 2 aromatic rings. The Hall–Kier alpha value is -2.73. The van der Waals surface area contributed by atoms with Gasteiger partial charge in [0.25, 0.3) is 5.91 Å². The number of hydrogen-bond acceptors (Lipinski definition) is 5. The number of methoxy groups -OCH3 is 1. The molecule has 0 atom stereocenters. The molecule has 0 fully saturated rings. The van der Waals surface area contributed by atoms with Crippen molar-refractivity contribution in [2.75, 3.05) is 13.7 Å². The third-order valence-corrected chi connectivity index (χ3v) is 3.35. The Labute approximate surface area is 144 Å². The fourth-order valence-corrected chi connectivity index (χ4v) is 2.26. The van der Waals surface area contributed by atoms with Gasteiger partial charge in [0.1, 0.15) is 5.75 Å². The summed E-state index contributed by atoms with van der Waals surface area (Å²) in [5, 5.41) is 13.9. The zero-order chi connectivity index (χ0) is 17.5. The summed E-state index contributed by atoms with van der Waals surface area (Å²) >= 11 is 6.16. The number of para-hydroxylation sites is 1. The zero-order valence-corrected chi connectivity index (χ0v) is 14.0. The first-order chi connectivity index (χ1) is 11.6. The van der Waals surface area contributed by atoms with Crippen LogP contribution < -0.4 is 14.9 Å². The molecular formula is C17H17ClN2O4. The summed E-state index contributed by atoms with van der Waals surface area (Å²) in [5.74, 6) is 0.291. The zero-order valence-electron chi connectivity index (χ0n) is 13.2. The molecule has 0 aliphatic heterocycles. The Morgan fingerprint density at radius 2 is 2.12 bits per heavy atom. The van der Waals surface area contributed by atoms with Gasteiger partial charge >= 0.3 is 0 Å². The molecule has 0 heterocycles. The molecule has 126 valence electrons. The van der Waals surface area contributed by atoms with Crippen LogP contribution in [0.1, 0.15) is 22.8 Å². The van der Waals surface area contributed by atoms with Gasteiger partial charge in [-0.15, -0.1) is 0 Å². The van der Waals surface area contributed by atoms with Crippen LogP contribution in [-0.2, 0) is 0 Å². The van der Waals surface area contributed by atoms with E-state index < -0.39 is 5.91 Å². The van der Waals surface area contributed by atoms with Crippen LogP contribution in [0.2, 0.25) is 5.02 Å². The van der Waals surface area contributed by atoms with E-state index in [4.69, 9.17) is 21.1 Å². The van der Waals surface area contributed by atoms with Crippen LogP contribution in [0.5, 0.6) is 17.2 Å². The fourth-order valence-electron chi connectivity index (χ4n) is 1.99. The van der Waals surface area contributed by atoms with E-state index in [1.165, 1.54) is 25.5 Å². The van der Waals surface area contributed by atoms with Gasteiger partial charge in [0, 0.05) is 0 Å². The lowest BCUT2D eigenvalue weighted by Crippen LogP contribution is -2.17. The number of hydrogen-bond donors (Lipinski definition) is 2. The molecule has 2 N–H and O–H groups in total. The number of rotatable bonds is 6. The maximum Gasteiger partial charge on any atom is 0.275 e. The smallest absolute Gasteiger partial charge is 0.275 e. The van der Waals surface area contributed by atoms with Crippen molar-refractivity contribution in [1.82, 2.24) is 5.43 Å². The van der Waals surface area contributed by atoms with Crippen LogP contribution in [0.25, 0.3) is 0 Å². The number of nitrogens with zero attached hydrogens (tertiary/aromatic N) is 1. The quantitative estimate of drug-likeness (QED) is 0.620. The molecule has 2 aromatic carbocycles. The lowest BCUT2D eigenvalue weighted by molar-refractivity contribution is 0.0952. The summed E-state index contributed by atoms with van der Waals surface area (Å²) in [7, 11) is 1.51. The molecule has 2 rings (SSSR count). The highest BCUT2D eigenvalue weighted by molar-refractivity contribution is 6.32. The Morgan fingerprint density at radius 3 is 2.79 bits per heavy atom. The van der Waals surface area contributed by atoms with Crippen LogP contribution in [0.3, 0.4) is 0 Å². The molecule has 0 aliphatic rings. The van der Waals surface area contributed by atoms with Gasteiger partial charge < -0.3 is 14.6 Å². The minimum atomic E-state index is -0.520. The van der Waals surface area contributed by atoms with Gasteiger partial charge in [0.05, 0.1) is 30.5 Å². The summed E-state index contributed by atoms with van der Waals surface area (Å²) < 4.78 is 10.7. The lowest BCUT2D eigenvalue weighted by atomic mass is 10.2. The number of benzene rings is 2. The van der Waals surface area contributed by atoms with Gasteiger partial charge in [-0.1, -0.05) is 23.7 Å². The highest BCUT2D eigenvalue weighted by Crippen LogP contribution is 2.35. The normalized spacial score (nSPS) is 10.6. The van der Waals surface area contributed by atoms with Gasteiger partial charge in [0.2, 0.25) is 0 Å². The van der Waals surface area contributed by atoms with Crippen molar-refractivity contribution in [3.63, 3.8) is 0 Å². The molecule has 0 saturated heterocycles. The highest BCUT2D eigenvalue weighted by atomic mass is 35.5. The first kappa shape index (κ1) is 17.6. The van der Waals surface area contributed by atoms with Crippen LogP contribution in [0.15, 0.2) is 41.5 Å². The molecule has 0 aromatic heterocycles. The molecule has 0 saturated carbocycles. The van der Waals surface area contributed by atoms with E-state index in [1.807, 2.05) is 6.92 Å². The number of phenolic OH excluding ortho intramolecular Hbond substituents is 1. The first-order valence-corrected chi connectivity index (χ1v) is 7.56. The minimum Gasteiger partial charge on any atom is -0.507 e. The number of hydrazone groups is 1. The van der Waals surface area contributed by atoms with Crippen molar-refractivity contribution >= 4 is 23.7 Å². The Bertz CT molecular complexity index is 762. The molecule has 0 unspecified atom stereocenters. The monoisotopic (exact) mass is 348 g/mol. The topological polar surface area (TPSA) is 80.2 Å². The van der Waals surface area contributed by atoms with Crippen molar-refractivity contribution in [2.24, 2.45) is 5.10 Å². The molecule has 0 bridgehead atoms. The molecule has 1 amide bonds. The summed E-state index contributed by atoms with van der Waals surface area (Å²) in [6.45, 7) is 2.31. The van der Waals surface area contributed by atoms with E-state index in [0.29, 0.717) is 28.7 Å². The number of aromatic hydroxyl groups is 1. The lowest BCUT2D eigenvalue weighted by Gasteiger charge is -2.11.